The summed E-state index contributed by atoms with van der Waals surface area (Å²) in [6.07, 6.45) is 0. The number of hydrogen-bond donors (Lipinski definition) is 1. The van der Waals surface area contributed by atoms with Crippen molar-refractivity contribution in [2.45, 2.75) is 19.0 Å². The van der Waals surface area contributed by atoms with Crippen LogP contribution in [0.15, 0.2) is 72.7 Å². The van der Waals surface area contributed by atoms with Crippen LogP contribution in [0, 0.1) is 0 Å². The zero-order valence-corrected chi connectivity index (χ0v) is 17.4. The van der Waals surface area contributed by atoms with E-state index in [4.69, 9.17) is 8.83 Å². The molecule has 1 atom stereocenters. The van der Waals surface area contributed by atoms with Crippen molar-refractivity contribution in [3.8, 4) is 0 Å². The van der Waals surface area contributed by atoms with Gasteiger partial charge in [-0.1, -0.05) is 34.1 Å². The lowest BCUT2D eigenvalue weighted by Crippen LogP contribution is -2.40. The van der Waals surface area contributed by atoms with Gasteiger partial charge in [0.05, 0.1) is 6.54 Å². The molecule has 150 valence electrons. The number of nitrogens with zero attached hydrogens (tertiary/aromatic N) is 1. The number of halogens is 1. The van der Waals surface area contributed by atoms with E-state index in [1.165, 1.54) is 6.07 Å². The van der Waals surface area contributed by atoms with Crippen molar-refractivity contribution < 1.29 is 18.4 Å². The number of hydrogen-bond acceptors (Lipinski definition) is 5. The second-order valence-corrected chi connectivity index (χ2v) is 8.24. The fourth-order valence-electron chi connectivity index (χ4n) is 3.74. The molecule has 1 N–H and O–H groups in total. The highest BCUT2D eigenvalue weighted by atomic mass is 79.9. The molecule has 0 aliphatic carbocycles. The standard InChI is InChI=1S/C22H15BrN2O5/c1-22(18-8-12-4-2-3-5-16(12)29-18)20(27)25(21(28)24-22)11-13-9-19(26)30-17-10-14(23)6-7-15(13)17/h2-10H,11H2,1H3,(H,24,28). The Kier molecular flexibility index (Phi) is 4.08. The summed E-state index contributed by atoms with van der Waals surface area (Å²) in [6.45, 7) is 1.55. The molecule has 0 saturated carbocycles. The van der Waals surface area contributed by atoms with E-state index in [-0.39, 0.29) is 6.54 Å². The van der Waals surface area contributed by atoms with E-state index in [9.17, 15) is 14.4 Å². The summed E-state index contributed by atoms with van der Waals surface area (Å²) in [5.74, 6) is -0.101. The van der Waals surface area contributed by atoms with Gasteiger partial charge < -0.3 is 14.2 Å². The van der Waals surface area contributed by atoms with Crippen LogP contribution >= 0.6 is 15.9 Å². The van der Waals surface area contributed by atoms with Crippen LogP contribution in [0.5, 0.6) is 0 Å². The van der Waals surface area contributed by atoms with Crippen LogP contribution < -0.4 is 10.9 Å². The minimum absolute atomic E-state index is 0.0653. The van der Waals surface area contributed by atoms with Crippen LogP contribution in [-0.4, -0.2) is 16.8 Å². The van der Waals surface area contributed by atoms with Crippen molar-refractivity contribution in [2.24, 2.45) is 0 Å². The third-order valence-electron chi connectivity index (χ3n) is 5.31. The SMILES string of the molecule is CC1(c2cc3ccccc3o2)NC(=O)N(Cc2cc(=O)oc3cc(Br)ccc23)C1=O. The zero-order chi connectivity index (χ0) is 21.0. The Morgan fingerprint density at radius 3 is 2.60 bits per heavy atom. The first-order chi connectivity index (χ1) is 14.3. The number of nitrogens with one attached hydrogen (secondary N) is 1. The third-order valence-corrected chi connectivity index (χ3v) is 5.81. The predicted molar refractivity (Wildman–Crippen MR) is 113 cm³/mol. The molecule has 3 amide bonds. The molecular formula is C22H15BrN2O5. The van der Waals surface area contributed by atoms with Gasteiger partial charge in [0, 0.05) is 21.3 Å². The number of carbonyl (C=O) groups excluding carboxylic acids is 2. The van der Waals surface area contributed by atoms with Gasteiger partial charge in [0.25, 0.3) is 5.91 Å². The van der Waals surface area contributed by atoms with E-state index in [1.54, 1.807) is 37.3 Å². The second kappa shape index (κ2) is 6.56. The molecule has 1 saturated heterocycles. The van der Waals surface area contributed by atoms with Crippen molar-refractivity contribution in [1.82, 2.24) is 10.2 Å². The molecule has 2 aromatic heterocycles. The summed E-state index contributed by atoms with van der Waals surface area (Å²) in [7, 11) is 0. The third kappa shape index (κ3) is 2.83. The van der Waals surface area contributed by atoms with Crippen LogP contribution in [0.3, 0.4) is 0 Å². The predicted octanol–water partition coefficient (Wildman–Crippen LogP) is 4.27. The fourth-order valence-corrected chi connectivity index (χ4v) is 4.08. The molecule has 2 aromatic carbocycles. The molecule has 1 aliphatic heterocycles. The van der Waals surface area contributed by atoms with Crippen molar-refractivity contribution in [3.63, 3.8) is 0 Å². The van der Waals surface area contributed by atoms with Crippen LogP contribution in [0.25, 0.3) is 21.9 Å². The van der Waals surface area contributed by atoms with Crippen molar-refractivity contribution in [1.29, 1.82) is 0 Å². The van der Waals surface area contributed by atoms with E-state index in [2.05, 4.69) is 21.2 Å². The summed E-state index contributed by atoms with van der Waals surface area (Å²) in [4.78, 5) is 39.1. The average molecular weight is 467 g/mol. The van der Waals surface area contributed by atoms with Gasteiger partial charge in [-0.2, -0.15) is 0 Å². The largest absolute Gasteiger partial charge is 0.458 e. The topological polar surface area (TPSA) is 92.8 Å². The second-order valence-electron chi connectivity index (χ2n) is 7.33. The number of rotatable bonds is 3. The fraction of sp³-hybridized carbons (Fsp3) is 0.136. The van der Waals surface area contributed by atoms with Crippen molar-refractivity contribution >= 4 is 49.8 Å². The number of urea groups is 1. The molecule has 1 aliphatic rings. The minimum Gasteiger partial charge on any atom is -0.458 e. The lowest BCUT2D eigenvalue weighted by molar-refractivity contribution is -0.132. The highest BCUT2D eigenvalue weighted by molar-refractivity contribution is 9.10. The zero-order valence-electron chi connectivity index (χ0n) is 15.8. The molecule has 8 heteroatoms. The normalized spacial score (nSPS) is 19.1. The van der Waals surface area contributed by atoms with E-state index in [0.717, 1.165) is 14.8 Å². The summed E-state index contributed by atoms with van der Waals surface area (Å²) in [5, 5.41) is 4.22. The molecule has 4 aromatic rings. The molecule has 0 radical (unpaired) electrons. The molecule has 5 rings (SSSR count). The van der Waals surface area contributed by atoms with Crippen molar-refractivity contribution in [2.75, 3.05) is 0 Å². The Morgan fingerprint density at radius 1 is 1.00 bits per heavy atom. The molecule has 30 heavy (non-hydrogen) atoms. The van der Waals surface area contributed by atoms with Gasteiger partial charge in [0.1, 0.15) is 16.9 Å². The van der Waals surface area contributed by atoms with Gasteiger partial charge in [0.15, 0.2) is 5.54 Å². The van der Waals surface area contributed by atoms with Gasteiger partial charge in [-0.05, 0) is 42.8 Å². The van der Waals surface area contributed by atoms with Crippen LogP contribution in [0.4, 0.5) is 4.79 Å². The van der Waals surface area contributed by atoms with E-state index >= 15 is 0 Å². The Morgan fingerprint density at radius 2 is 1.80 bits per heavy atom. The maximum absolute atomic E-state index is 13.3. The lowest BCUT2D eigenvalue weighted by Gasteiger charge is -2.19. The number of benzene rings is 2. The highest BCUT2D eigenvalue weighted by Crippen LogP contribution is 2.34. The lowest BCUT2D eigenvalue weighted by atomic mass is 9.98. The molecular weight excluding hydrogens is 452 g/mol. The number of amides is 3. The Bertz CT molecular complexity index is 1370. The van der Waals surface area contributed by atoms with Gasteiger partial charge >= 0.3 is 11.7 Å². The molecule has 7 nitrogen and oxygen atoms in total. The van der Waals surface area contributed by atoms with Gasteiger partial charge in [-0.25, -0.2) is 9.59 Å². The first-order valence-corrected chi connectivity index (χ1v) is 10.00. The van der Waals surface area contributed by atoms with E-state index in [1.807, 2.05) is 18.2 Å². The maximum Gasteiger partial charge on any atom is 0.336 e. The first-order valence-electron chi connectivity index (χ1n) is 9.20. The van der Waals surface area contributed by atoms with E-state index in [0.29, 0.717) is 27.9 Å². The Labute approximate surface area is 178 Å². The quantitative estimate of drug-likeness (QED) is 0.359. The molecule has 1 unspecified atom stereocenters. The molecule has 0 bridgehead atoms. The summed E-state index contributed by atoms with van der Waals surface area (Å²) in [6, 6.07) is 15.1. The van der Waals surface area contributed by atoms with Crippen molar-refractivity contribution in [3.05, 3.63) is 80.8 Å². The van der Waals surface area contributed by atoms with E-state index < -0.39 is 23.1 Å². The Hall–Kier alpha value is -3.39. The van der Waals surface area contributed by atoms with Gasteiger partial charge in [-0.3, -0.25) is 9.69 Å². The molecule has 1 fully saturated rings. The number of carbonyl (C=O) groups is 2. The summed E-state index contributed by atoms with van der Waals surface area (Å²) >= 11 is 3.34. The van der Waals surface area contributed by atoms with Crippen LogP contribution in [0.1, 0.15) is 18.2 Å². The summed E-state index contributed by atoms with van der Waals surface area (Å²) < 4.78 is 11.8. The highest BCUT2D eigenvalue weighted by Gasteiger charge is 2.51. The first kappa shape index (κ1) is 18.6. The summed E-state index contributed by atoms with van der Waals surface area (Å²) in [5.41, 5.74) is -0.367. The van der Waals surface area contributed by atoms with Crippen LogP contribution in [-0.2, 0) is 16.9 Å². The minimum atomic E-state index is -1.34. The van der Waals surface area contributed by atoms with Gasteiger partial charge in [-0.15, -0.1) is 0 Å². The number of para-hydroxylation sites is 1. The van der Waals surface area contributed by atoms with Gasteiger partial charge in [0.2, 0.25) is 0 Å². The monoisotopic (exact) mass is 466 g/mol. The maximum atomic E-state index is 13.3. The molecule has 0 spiro atoms. The Balaban J connectivity index is 1.54. The van der Waals surface area contributed by atoms with Crippen LogP contribution in [0.2, 0.25) is 0 Å². The number of furan rings is 1. The average Bonchev–Trinajstić information content (AvgIpc) is 3.23. The smallest absolute Gasteiger partial charge is 0.336 e. The molecule has 3 heterocycles. The number of imide groups is 1. The number of fused-ring (bicyclic) bond motifs is 2.